The quantitative estimate of drug-likeness (QED) is 0.819. The van der Waals surface area contributed by atoms with Crippen LogP contribution in [-0.4, -0.2) is 17.6 Å². The Labute approximate surface area is 96.9 Å². The van der Waals surface area contributed by atoms with Crippen LogP contribution in [0.5, 0.6) is 0 Å². The number of nitrogens with one attached hydrogen (secondary N) is 1. The molecule has 1 amide bonds. The van der Waals surface area contributed by atoms with Crippen molar-refractivity contribution in [3.63, 3.8) is 0 Å². The Kier molecular flexibility index (Phi) is 4.52. The summed E-state index contributed by atoms with van der Waals surface area (Å²) < 4.78 is 0.897. The van der Waals surface area contributed by atoms with E-state index in [0.29, 0.717) is 0 Å². The lowest BCUT2D eigenvalue weighted by atomic mass is 10.1. The molecule has 0 saturated heterocycles. The van der Waals surface area contributed by atoms with E-state index in [1.807, 2.05) is 18.2 Å². The van der Waals surface area contributed by atoms with E-state index < -0.39 is 6.10 Å². The Balaban J connectivity index is 2.57. The van der Waals surface area contributed by atoms with E-state index in [1.165, 1.54) is 6.08 Å². The fraction of sp³-hybridized carbons (Fsp3) is 0.182. The molecule has 0 radical (unpaired) electrons. The van der Waals surface area contributed by atoms with Crippen molar-refractivity contribution in [3.05, 3.63) is 47.0 Å². The summed E-state index contributed by atoms with van der Waals surface area (Å²) in [5, 5.41) is 12.2. The van der Waals surface area contributed by atoms with Gasteiger partial charge in [0.1, 0.15) is 0 Å². The summed E-state index contributed by atoms with van der Waals surface area (Å²) in [5.74, 6) is -0.288. The van der Waals surface area contributed by atoms with Gasteiger partial charge in [-0.2, -0.15) is 0 Å². The van der Waals surface area contributed by atoms with Crippen molar-refractivity contribution in [2.75, 3.05) is 6.54 Å². The molecule has 0 fully saturated rings. The molecular weight excluding hydrogens is 258 g/mol. The molecule has 0 aliphatic heterocycles. The van der Waals surface area contributed by atoms with E-state index in [1.54, 1.807) is 6.07 Å². The third-order valence-electron chi connectivity index (χ3n) is 1.89. The molecule has 0 spiro atoms. The highest BCUT2D eigenvalue weighted by molar-refractivity contribution is 9.10. The average Bonchev–Trinajstić information content (AvgIpc) is 2.25. The molecular formula is C11H12BrNO2. The first-order valence-corrected chi connectivity index (χ1v) is 5.26. The van der Waals surface area contributed by atoms with E-state index in [0.717, 1.165) is 10.0 Å². The molecule has 1 rings (SSSR count). The maximum absolute atomic E-state index is 10.9. The van der Waals surface area contributed by atoms with Gasteiger partial charge in [-0.25, -0.2) is 0 Å². The molecule has 0 heterocycles. The van der Waals surface area contributed by atoms with E-state index in [4.69, 9.17) is 0 Å². The van der Waals surface area contributed by atoms with Crippen LogP contribution < -0.4 is 5.32 Å². The van der Waals surface area contributed by atoms with Crippen LogP contribution in [-0.2, 0) is 4.79 Å². The molecule has 1 aromatic rings. The predicted octanol–water partition coefficient (Wildman–Crippen LogP) is 1.78. The predicted molar refractivity (Wildman–Crippen MR) is 62.3 cm³/mol. The first-order valence-electron chi connectivity index (χ1n) is 4.47. The van der Waals surface area contributed by atoms with Crippen LogP contribution in [0.1, 0.15) is 11.7 Å². The number of hydrogen-bond donors (Lipinski definition) is 2. The van der Waals surface area contributed by atoms with Crippen molar-refractivity contribution in [2.45, 2.75) is 6.10 Å². The summed E-state index contributed by atoms with van der Waals surface area (Å²) in [6, 6.07) is 7.32. The van der Waals surface area contributed by atoms with Crippen molar-refractivity contribution in [3.8, 4) is 0 Å². The Morgan fingerprint density at radius 1 is 1.67 bits per heavy atom. The number of benzene rings is 1. The number of aliphatic hydroxyl groups excluding tert-OH is 1. The van der Waals surface area contributed by atoms with Crippen LogP contribution in [0.25, 0.3) is 0 Å². The second-order valence-electron chi connectivity index (χ2n) is 3.02. The smallest absolute Gasteiger partial charge is 0.243 e. The number of halogens is 1. The number of carbonyl (C=O) groups is 1. The van der Waals surface area contributed by atoms with Crippen molar-refractivity contribution in [2.24, 2.45) is 0 Å². The minimum Gasteiger partial charge on any atom is -0.387 e. The summed E-state index contributed by atoms with van der Waals surface area (Å²) in [6.07, 6.45) is 0.472. The molecule has 0 bridgehead atoms. The summed E-state index contributed by atoms with van der Waals surface area (Å²) in [5.41, 5.74) is 0.758. The van der Waals surface area contributed by atoms with E-state index in [9.17, 15) is 9.90 Å². The second-order valence-corrected chi connectivity index (χ2v) is 3.94. The molecule has 1 atom stereocenters. The van der Waals surface area contributed by atoms with Crippen LogP contribution in [0.4, 0.5) is 0 Å². The molecule has 15 heavy (non-hydrogen) atoms. The van der Waals surface area contributed by atoms with Gasteiger partial charge in [-0.15, -0.1) is 0 Å². The molecule has 80 valence electrons. The summed E-state index contributed by atoms with van der Waals surface area (Å²) in [4.78, 5) is 10.9. The average molecular weight is 270 g/mol. The lowest BCUT2D eigenvalue weighted by Crippen LogP contribution is -2.26. The van der Waals surface area contributed by atoms with Gasteiger partial charge in [-0.05, 0) is 23.8 Å². The Morgan fingerprint density at radius 3 is 3.00 bits per heavy atom. The number of aliphatic hydroxyl groups is 1. The first kappa shape index (κ1) is 11.9. The Morgan fingerprint density at radius 2 is 2.40 bits per heavy atom. The molecule has 0 saturated carbocycles. The van der Waals surface area contributed by atoms with Crippen molar-refractivity contribution < 1.29 is 9.90 Å². The van der Waals surface area contributed by atoms with Crippen LogP contribution in [0, 0.1) is 0 Å². The highest BCUT2D eigenvalue weighted by Crippen LogP contribution is 2.17. The monoisotopic (exact) mass is 269 g/mol. The highest BCUT2D eigenvalue weighted by atomic mass is 79.9. The second kappa shape index (κ2) is 5.68. The zero-order chi connectivity index (χ0) is 11.3. The largest absolute Gasteiger partial charge is 0.387 e. The van der Waals surface area contributed by atoms with E-state index >= 15 is 0 Å². The summed E-state index contributed by atoms with van der Waals surface area (Å²) in [7, 11) is 0. The van der Waals surface area contributed by atoms with Gasteiger partial charge in [0.05, 0.1) is 6.10 Å². The third-order valence-corrected chi connectivity index (χ3v) is 2.38. The summed E-state index contributed by atoms with van der Waals surface area (Å²) in [6.45, 7) is 3.51. The highest BCUT2D eigenvalue weighted by Gasteiger charge is 2.07. The SMILES string of the molecule is C=CC(=O)NC[C@@H](O)c1cccc(Br)c1. The van der Waals surface area contributed by atoms with E-state index in [-0.39, 0.29) is 12.5 Å². The van der Waals surface area contributed by atoms with Crippen LogP contribution in [0.3, 0.4) is 0 Å². The zero-order valence-corrected chi connectivity index (χ0v) is 9.70. The van der Waals surface area contributed by atoms with Gasteiger partial charge in [-0.1, -0.05) is 34.6 Å². The molecule has 0 aliphatic rings. The molecule has 2 N–H and O–H groups in total. The topological polar surface area (TPSA) is 49.3 Å². The zero-order valence-electron chi connectivity index (χ0n) is 8.11. The lowest BCUT2D eigenvalue weighted by Gasteiger charge is -2.11. The van der Waals surface area contributed by atoms with E-state index in [2.05, 4.69) is 27.8 Å². The molecule has 0 aromatic heterocycles. The van der Waals surface area contributed by atoms with Crippen LogP contribution in [0.2, 0.25) is 0 Å². The maximum atomic E-state index is 10.9. The van der Waals surface area contributed by atoms with Gasteiger partial charge < -0.3 is 10.4 Å². The van der Waals surface area contributed by atoms with Crippen molar-refractivity contribution in [1.29, 1.82) is 0 Å². The minimum absolute atomic E-state index is 0.182. The standard InChI is InChI=1S/C11H12BrNO2/c1-2-11(15)13-7-10(14)8-4-3-5-9(12)6-8/h2-6,10,14H,1,7H2,(H,13,15)/t10-/m1/s1. The van der Waals surface area contributed by atoms with Crippen LogP contribution >= 0.6 is 15.9 Å². The third kappa shape index (κ3) is 3.85. The Hall–Kier alpha value is -1.13. The van der Waals surface area contributed by atoms with Gasteiger partial charge in [0.15, 0.2) is 0 Å². The fourth-order valence-corrected chi connectivity index (χ4v) is 1.52. The Bertz CT molecular complexity index is 365. The number of hydrogen-bond acceptors (Lipinski definition) is 2. The fourth-order valence-electron chi connectivity index (χ4n) is 1.10. The number of amides is 1. The summed E-state index contributed by atoms with van der Waals surface area (Å²) >= 11 is 3.31. The van der Waals surface area contributed by atoms with Gasteiger partial charge >= 0.3 is 0 Å². The van der Waals surface area contributed by atoms with Crippen LogP contribution in [0.15, 0.2) is 41.4 Å². The van der Waals surface area contributed by atoms with Gasteiger partial charge in [0.2, 0.25) is 5.91 Å². The van der Waals surface area contributed by atoms with Gasteiger partial charge in [0.25, 0.3) is 0 Å². The van der Waals surface area contributed by atoms with Crippen molar-refractivity contribution in [1.82, 2.24) is 5.32 Å². The van der Waals surface area contributed by atoms with Gasteiger partial charge in [-0.3, -0.25) is 4.79 Å². The molecule has 4 heteroatoms. The van der Waals surface area contributed by atoms with Gasteiger partial charge in [0, 0.05) is 11.0 Å². The first-order chi connectivity index (χ1) is 7.13. The molecule has 1 aromatic carbocycles. The normalized spacial score (nSPS) is 11.9. The lowest BCUT2D eigenvalue weighted by molar-refractivity contribution is -0.116. The molecule has 0 unspecified atom stereocenters. The molecule has 3 nitrogen and oxygen atoms in total. The minimum atomic E-state index is -0.702. The number of rotatable bonds is 4. The number of carbonyl (C=O) groups excluding carboxylic acids is 1. The maximum Gasteiger partial charge on any atom is 0.243 e. The van der Waals surface area contributed by atoms with Crippen molar-refractivity contribution >= 4 is 21.8 Å². The molecule has 0 aliphatic carbocycles.